The first-order chi connectivity index (χ1) is 29.8. The molecule has 0 fully saturated rings. The Morgan fingerprint density at radius 2 is 0.679 bits per heavy atom. The molecule has 0 radical (unpaired) electrons. The Kier molecular flexibility index (Phi) is 5.58. The fraction of sp³-hybridized carbons (Fsp3) is 0. The molecule has 0 unspecified atom stereocenters. The lowest BCUT2D eigenvalue weighted by Gasteiger charge is -2.12. The highest BCUT2D eigenvalue weighted by atomic mass is 16.3. The number of nitrogens with zero attached hydrogens (tertiary/aromatic N) is 3. The summed E-state index contributed by atoms with van der Waals surface area (Å²) in [6, 6.07) is 47.0. The number of aromatic nitrogens is 3. The van der Waals surface area contributed by atoms with Gasteiger partial charge < -0.3 is 8.83 Å². The fourth-order valence-corrected chi connectivity index (χ4v) is 8.16. The number of hydrogen-bond donors (Lipinski definition) is 0. The molecule has 5 nitrogen and oxygen atoms in total. The van der Waals surface area contributed by atoms with Gasteiger partial charge in [0.15, 0.2) is 17.5 Å². The zero-order valence-electron chi connectivity index (χ0n) is 34.5. The van der Waals surface area contributed by atoms with Gasteiger partial charge in [-0.25, -0.2) is 15.0 Å². The van der Waals surface area contributed by atoms with Gasteiger partial charge in [-0.05, 0) is 92.0 Å². The standard InChI is InChI=1S/C51H29N3O2/c1-2-10-30(11-3-1)49-52-50(33-20-24-41-40-16-8-9-17-45(40)55-47(41)28-33)54-51(53-49)34-21-25-43-42-23-19-32(27-46(42)56-48(43)29-34)31-18-22-39-37-14-5-4-12-35(37)36-13-6-7-15-38(36)44(39)26-31/h1-29H/i1D,2D,3D,10D,11D. The minimum absolute atomic E-state index is 0.0489. The normalized spacial score (nSPS) is 13.2. The lowest BCUT2D eigenvalue weighted by Crippen LogP contribution is -2.00. The summed E-state index contributed by atoms with van der Waals surface area (Å²) in [5.74, 6) is 0.447. The number of furan rings is 2. The largest absolute Gasteiger partial charge is 0.456 e. The van der Waals surface area contributed by atoms with Crippen molar-refractivity contribution in [3.8, 4) is 45.3 Å². The summed E-state index contributed by atoms with van der Waals surface area (Å²) in [4.78, 5) is 14.4. The van der Waals surface area contributed by atoms with E-state index in [1.54, 1.807) is 0 Å². The number of fused-ring (bicyclic) bond motifs is 12. The van der Waals surface area contributed by atoms with Crippen molar-refractivity contribution in [3.63, 3.8) is 0 Å². The molecular formula is C51H29N3O2. The Morgan fingerprint density at radius 3 is 1.25 bits per heavy atom. The summed E-state index contributed by atoms with van der Waals surface area (Å²) >= 11 is 0. The summed E-state index contributed by atoms with van der Waals surface area (Å²) in [5, 5.41) is 11.1. The summed E-state index contributed by atoms with van der Waals surface area (Å²) in [5.41, 5.74) is 5.92. The van der Waals surface area contributed by atoms with Crippen LogP contribution in [0.5, 0.6) is 0 Å². The second-order valence-electron chi connectivity index (χ2n) is 14.0. The van der Waals surface area contributed by atoms with Crippen molar-refractivity contribution in [2.45, 2.75) is 0 Å². The molecular weight excluding hydrogens is 687 g/mol. The quantitative estimate of drug-likeness (QED) is 0.169. The van der Waals surface area contributed by atoms with E-state index in [1.165, 1.54) is 32.3 Å². The van der Waals surface area contributed by atoms with Crippen molar-refractivity contribution >= 4 is 76.2 Å². The number of rotatable bonds is 4. The second-order valence-corrected chi connectivity index (χ2v) is 14.0. The molecule has 0 N–H and O–H groups in total. The van der Waals surface area contributed by atoms with E-state index in [4.69, 9.17) is 30.6 Å². The van der Waals surface area contributed by atoms with Gasteiger partial charge in [-0.15, -0.1) is 0 Å². The Hall–Kier alpha value is -7.63. The van der Waals surface area contributed by atoms with Gasteiger partial charge >= 0.3 is 0 Å². The van der Waals surface area contributed by atoms with Gasteiger partial charge in [-0.2, -0.15) is 0 Å². The third-order valence-electron chi connectivity index (χ3n) is 10.8. The minimum atomic E-state index is -0.496. The van der Waals surface area contributed by atoms with Crippen molar-refractivity contribution < 1.29 is 15.7 Å². The molecule has 12 rings (SSSR count). The summed E-state index contributed by atoms with van der Waals surface area (Å²) < 4.78 is 55.2. The average Bonchev–Trinajstić information content (AvgIpc) is 3.87. The number of para-hydroxylation sites is 1. The van der Waals surface area contributed by atoms with Gasteiger partial charge in [0.2, 0.25) is 0 Å². The average molecular weight is 721 g/mol. The van der Waals surface area contributed by atoms with Crippen LogP contribution in [0.15, 0.2) is 185 Å². The molecule has 3 aromatic heterocycles. The summed E-state index contributed by atoms with van der Waals surface area (Å²) in [7, 11) is 0. The van der Waals surface area contributed by atoms with Crippen LogP contribution in [0.3, 0.4) is 0 Å². The van der Waals surface area contributed by atoms with Gasteiger partial charge in [-0.1, -0.05) is 127 Å². The summed E-state index contributed by atoms with van der Waals surface area (Å²) in [6.45, 7) is 0. The van der Waals surface area contributed by atoms with Crippen LogP contribution in [0.1, 0.15) is 6.85 Å². The maximum Gasteiger partial charge on any atom is 0.164 e. The van der Waals surface area contributed by atoms with E-state index in [1.807, 2.05) is 60.7 Å². The van der Waals surface area contributed by atoms with Gasteiger partial charge in [0.25, 0.3) is 0 Å². The molecule has 56 heavy (non-hydrogen) atoms. The van der Waals surface area contributed by atoms with E-state index < -0.39 is 30.2 Å². The third kappa shape index (κ3) is 4.78. The zero-order chi connectivity index (χ0) is 41.1. The first-order valence-corrected chi connectivity index (χ1v) is 18.3. The second kappa shape index (κ2) is 11.9. The van der Waals surface area contributed by atoms with E-state index in [2.05, 4.69) is 84.9 Å². The Labute approximate surface area is 327 Å². The van der Waals surface area contributed by atoms with E-state index in [9.17, 15) is 0 Å². The van der Waals surface area contributed by atoms with Gasteiger partial charge in [0.05, 0.1) is 6.85 Å². The maximum atomic E-state index is 8.75. The van der Waals surface area contributed by atoms with E-state index >= 15 is 0 Å². The smallest absolute Gasteiger partial charge is 0.164 e. The lowest BCUT2D eigenvalue weighted by molar-refractivity contribution is 0.669. The van der Waals surface area contributed by atoms with E-state index in [-0.39, 0.29) is 23.0 Å². The molecule has 260 valence electrons. The monoisotopic (exact) mass is 720 g/mol. The topological polar surface area (TPSA) is 65.0 Å². The van der Waals surface area contributed by atoms with Crippen LogP contribution >= 0.6 is 0 Å². The highest BCUT2D eigenvalue weighted by Gasteiger charge is 2.17. The Balaban J connectivity index is 0.997. The van der Waals surface area contributed by atoms with Gasteiger partial charge in [0.1, 0.15) is 22.3 Å². The number of hydrogen-bond acceptors (Lipinski definition) is 5. The van der Waals surface area contributed by atoms with Crippen molar-refractivity contribution in [2.75, 3.05) is 0 Å². The van der Waals surface area contributed by atoms with Gasteiger partial charge in [-0.3, -0.25) is 0 Å². The van der Waals surface area contributed by atoms with Crippen molar-refractivity contribution in [2.24, 2.45) is 0 Å². The molecule has 0 saturated heterocycles. The molecule has 0 saturated carbocycles. The molecule has 0 bridgehead atoms. The Bertz CT molecular complexity index is 3790. The third-order valence-corrected chi connectivity index (χ3v) is 10.8. The van der Waals surface area contributed by atoms with Crippen LogP contribution in [0, 0.1) is 0 Å². The minimum Gasteiger partial charge on any atom is -0.456 e. The van der Waals surface area contributed by atoms with Crippen LogP contribution in [0.2, 0.25) is 0 Å². The van der Waals surface area contributed by atoms with Crippen molar-refractivity contribution in [3.05, 3.63) is 176 Å². The molecule has 0 aliphatic carbocycles. The zero-order valence-corrected chi connectivity index (χ0v) is 29.5. The predicted molar refractivity (Wildman–Crippen MR) is 229 cm³/mol. The van der Waals surface area contributed by atoms with Crippen molar-refractivity contribution in [1.82, 2.24) is 15.0 Å². The summed E-state index contributed by atoms with van der Waals surface area (Å²) in [6.07, 6.45) is 0. The molecule has 0 spiro atoms. The SMILES string of the molecule is [2H]c1c([2H])c([2H])c(-c2nc(-c3ccc4c(c3)oc3ccccc34)nc(-c3ccc4c(c3)oc3cc(-c5ccc6c7ccccc7c7ccccc7c6c5)ccc34)n2)c([2H])c1[2H]. The molecule has 3 heterocycles. The molecule has 0 aliphatic rings. The molecule has 0 aliphatic heterocycles. The van der Waals surface area contributed by atoms with Gasteiger partial charge in [0, 0.05) is 38.2 Å². The lowest BCUT2D eigenvalue weighted by atomic mass is 9.92. The highest BCUT2D eigenvalue weighted by Crippen LogP contribution is 2.39. The van der Waals surface area contributed by atoms with Crippen LogP contribution in [0.25, 0.3) is 121 Å². The van der Waals surface area contributed by atoms with Crippen molar-refractivity contribution in [1.29, 1.82) is 0 Å². The van der Waals surface area contributed by atoms with E-state index in [0.29, 0.717) is 22.3 Å². The first kappa shape index (κ1) is 26.2. The molecule has 9 aromatic carbocycles. The van der Waals surface area contributed by atoms with Crippen LogP contribution in [-0.2, 0) is 0 Å². The Morgan fingerprint density at radius 1 is 0.304 bits per heavy atom. The van der Waals surface area contributed by atoms with Crippen LogP contribution in [-0.4, -0.2) is 15.0 Å². The highest BCUT2D eigenvalue weighted by molar-refractivity contribution is 6.25. The maximum absolute atomic E-state index is 8.75. The fourth-order valence-electron chi connectivity index (χ4n) is 8.16. The van der Waals surface area contributed by atoms with Crippen LogP contribution in [0.4, 0.5) is 0 Å². The van der Waals surface area contributed by atoms with E-state index in [0.717, 1.165) is 43.8 Å². The molecule has 12 aromatic rings. The molecule has 0 amide bonds. The molecule has 5 heteroatoms. The number of benzene rings is 9. The predicted octanol–water partition coefficient (Wildman–Crippen LogP) is 13.8. The molecule has 0 atom stereocenters. The first-order valence-electron chi connectivity index (χ1n) is 20.8. The van der Waals surface area contributed by atoms with Crippen LogP contribution < -0.4 is 0 Å².